The van der Waals surface area contributed by atoms with Crippen LogP contribution < -0.4 is 5.73 Å². The minimum absolute atomic E-state index is 0. The van der Waals surface area contributed by atoms with Gasteiger partial charge in [0.25, 0.3) is 0 Å². The predicted molar refractivity (Wildman–Crippen MR) is 72.2 cm³/mol. The third-order valence-electron chi connectivity index (χ3n) is 2.51. The number of halogens is 6. The van der Waals surface area contributed by atoms with Crippen LogP contribution >= 0.6 is 24.0 Å². The summed E-state index contributed by atoms with van der Waals surface area (Å²) in [5.74, 6) is -1.30. The molecular weight excluding hydrogens is 337 g/mol. The monoisotopic (exact) mass is 349 g/mol. The molecule has 2 N–H and O–H groups in total. The van der Waals surface area contributed by atoms with Gasteiger partial charge in [-0.2, -0.15) is 13.2 Å². The van der Waals surface area contributed by atoms with E-state index in [1.165, 1.54) is 6.92 Å². The zero-order chi connectivity index (χ0) is 15.5. The summed E-state index contributed by atoms with van der Waals surface area (Å²) in [5.41, 5.74) is 3.67. The zero-order valence-electron chi connectivity index (χ0n) is 10.8. The summed E-state index contributed by atoms with van der Waals surface area (Å²) in [6.07, 6.45) is -7.15. The van der Waals surface area contributed by atoms with Crippen molar-refractivity contribution in [2.24, 2.45) is 5.73 Å². The molecule has 120 valence electrons. The molecule has 9 heteroatoms. The molecule has 0 radical (unpaired) electrons. The number of esters is 1. The Kier molecular flexibility index (Phi) is 7.43. The van der Waals surface area contributed by atoms with E-state index in [0.29, 0.717) is 6.07 Å². The average Bonchev–Trinajstić information content (AvgIpc) is 2.36. The lowest BCUT2D eigenvalue weighted by atomic mass is 9.97. The first-order valence-corrected chi connectivity index (χ1v) is 5.99. The fraction of sp³-hybridized carbons (Fsp3) is 0.417. The van der Waals surface area contributed by atoms with E-state index in [9.17, 15) is 22.4 Å². The Balaban J connectivity index is 0.00000400. The summed E-state index contributed by atoms with van der Waals surface area (Å²) < 4.78 is 56.7. The maximum atomic E-state index is 13.7. The van der Waals surface area contributed by atoms with Crippen molar-refractivity contribution in [3.05, 3.63) is 34.3 Å². The first kappa shape index (κ1) is 19.9. The van der Waals surface area contributed by atoms with E-state index in [4.69, 9.17) is 17.3 Å². The molecule has 1 aromatic carbocycles. The second-order valence-corrected chi connectivity index (χ2v) is 4.35. The predicted octanol–water partition coefficient (Wildman–Crippen LogP) is 3.68. The molecule has 0 fully saturated rings. The van der Waals surface area contributed by atoms with Crippen molar-refractivity contribution < 1.29 is 27.1 Å². The minimum Gasteiger partial charge on any atom is -0.464 e. The fourth-order valence-electron chi connectivity index (χ4n) is 1.59. The van der Waals surface area contributed by atoms with Crippen molar-refractivity contribution in [1.82, 2.24) is 0 Å². The molecule has 0 saturated carbocycles. The van der Waals surface area contributed by atoms with Gasteiger partial charge in [-0.25, -0.2) is 9.18 Å². The summed E-state index contributed by atoms with van der Waals surface area (Å²) >= 11 is 5.49. The molecule has 0 saturated heterocycles. The van der Waals surface area contributed by atoms with Gasteiger partial charge in [0, 0.05) is 5.02 Å². The molecule has 21 heavy (non-hydrogen) atoms. The van der Waals surface area contributed by atoms with Crippen LogP contribution in [0.25, 0.3) is 0 Å². The number of hydrogen-bond acceptors (Lipinski definition) is 3. The highest BCUT2D eigenvalue weighted by molar-refractivity contribution is 6.30. The number of nitrogens with two attached hydrogens (primary N) is 1. The maximum Gasteiger partial charge on any atom is 0.416 e. The van der Waals surface area contributed by atoms with Gasteiger partial charge in [-0.1, -0.05) is 17.7 Å². The van der Waals surface area contributed by atoms with Crippen molar-refractivity contribution in [3.63, 3.8) is 0 Å². The van der Waals surface area contributed by atoms with E-state index < -0.39 is 35.5 Å². The standard InChI is InChI=1S/C12H12ClF4NO2.ClH/c1-2-20-11(19)9(14)10(18)7-4-3-6(13)5-8(7)12(15,16)17;/h3-5,9-10H,2,18H2,1H3;1H/t9?,10-;/m0./s1. The van der Waals surface area contributed by atoms with Gasteiger partial charge in [0.05, 0.1) is 18.2 Å². The van der Waals surface area contributed by atoms with Crippen LogP contribution in [0.5, 0.6) is 0 Å². The first-order valence-electron chi connectivity index (χ1n) is 5.61. The number of hydrogen-bond donors (Lipinski definition) is 1. The quantitative estimate of drug-likeness (QED) is 0.666. The SMILES string of the molecule is CCOC(=O)C(F)[C@@H](N)c1ccc(Cl)cc1C(F)(F)F.Cl. The number of carbonyl (C=O) groups is 1. The smallest absolute Gasteiger partial charge is 0.416 e. The van der Waals surface area contributed by atoms with E-state index >= 15 is 0 Å². The van der Waals surface area contributed by atoms with Crippen molar-refractivity contribution in [2.45, 2.75) is 25.3 Å². The number of alkyl halides is 4. The lowest BCUT2D eigenvalue weighted by molar-refractivity contribution is -0.150. The third kappa shape index (κ3) is 5.01. The van der Waals surface area contributed by atoms with E-state index in [0.717, 1.165) is 12.1 Å². The molecule has 0 bridgehead atoms. The molecule has 0 aliphatic heterocycles. The van der Waals surface area contributed by atoms with Gasteiger partial charge in [-0.3, -0.25) is 0 Å². The van der Waals surface area contributed by atoms with Gasteiger partial charge in [0.1, 0.15) is 0 Å². The topological polar surface area (TPSA) is 52.3 Å². The van der Waals surface area contributed by atoms with E-state index in [1.54, 1.807) is 0 Å². The Hall–Kier alpha value is -1.05. The number of carbonyl (C=O) groups excluding carboxylic acids is 1. The normalized spacial score (nSPS) is 14.0. The fourth-order valence-corrected chi connectivity index (χ4v) is 1.76. The van der Waals surface area contributed by atoms with Crippen LogP contribution in [0, 0.1) is 0 Å². The van der Waals surface area contributed by atoms with E-state index in [-0.39, 0.29) is 24.0 Å². The molecule has 0 aromatic heterocycles. The van der Waals surface area contributed by atoms with Gasteiger partial charge >= 0.3 is 12.1 Å². The molecule has 3 nitrogen and oxygen atoms in total. The Bertz CT molecular complexity index is 497. The van der Waals surface area contributed by atoms with Crippen molar-refractivity contribution in [3.8, 4) is 0 Å². The average molecular weight is 350 g/mol. The summed E-state index contributed by atoms with van der Waals surface area (Å²) in [7, 11) is 0. The number of ether oxygens (including phenoxy) is 1. The van der Waals surface area contributed by atoms with E-state index in [1.807, 2.05) is 0 Å². The molecule has 1 rings (SSSR count). The highest BCUT2D eigenvalue weighted by Gasteiger charge is 2.38. The molecule has 0 aliphatic rings. The lowest BCUT2D eigenvalue weighted by Crippen LogP contribution is -2.33. The molecule has 0 heterocycles. The summed E-state index contributed by atoms with van der Waals surface area (Å²) in [5, 5.41) is -0.167. The van der Waals surface area contributed by atoms with Gasteiger partial charge in [0.2, 0.25) is 6.17 Å². The molecule has 1 aromatic rings. The highest BCUT2D eigenvalue weighted by atomic mass is 35.5. The molecule has 1 unspecified atom stereocenters. The van der Waals surface area contributed by atoms with Gasteiger partial charge in [-0.15, -0.1) is 12.4 Å². The Morgan fingerprint density at radius 3 is 2.48 bits per heavy atom. The molecule has 2 atom stereocenters. The highest BCUT2D eigenvalue weighted by Crippen LogP contribution is 2.37. The molecule has 0 spiro atoms. The van der Waals surface area contributed by atoms with Crippen molar-refractivity contribution in [1.29, 1.82) is 0 Å². The number of benzene rings is 1. The largest absolute Gasteiger partial charge is 0.464 e. The zero-order valence-corrected chi connectivity index (χ0v) is 12.4. The van der Waals surface area contributed by atoms with Crippen LogP contribution in [0.1, 0.15) is 24.1 Å². The summed E-state index contributed by atoms with van der Waals surface area (Å²) in [4.78, 5) is 11.2. The van der Waals surface area contributed by atoms with Crippen LogP contribution in [0.2, 0.25) is 5.02 Å². The van der Waals surface area contributed by atoms with E-state index in [2.05, 4.69) is 4.74 Å². The second-order valence-electron chi connectivity index (χ2n) is 3.91. The van der Waals surface area contributed by atoms with Crippen LogP contribution in [0.15, 0.2) is 18.2 Å². The van der Waals surface area contributed by atoms with Crippen molar-refractivity contribution in [2.75, 3.05) is 6.61 Å². The van der Waals surface area contributed by atoms with Crippen LogP contribution in [-0.2, 0) is 15.7 Å². The second kappa shape index (κ2) is 7.82. The minimum atomic E-state index is -4.76. The Morgan fingerprint density at radius 1 is 1.43 bits per heavy atom. The molecule has 0 aliphatic carbocycles. The Morgan fingerprint density at radius 2 is 2.00 bits per heavy atom. The molecular formula is C12H13Cl2F4NO2. The summed E-state index contributed by atoms with van der Waals surface area (Å²) in [6.45, 7) is 1.35. The molecule has 0 amide bonds. The van der Waals surface area contributed by atoms with Crippen molar-refractivity contribution >= 4 is 30.0 Å². The first-order chi connectivity index (χ1) is 9.18. The maximum absolute atomic E-state index is 13.7. The Labute approximate surface area is 129 Å². The van der Waals surface area contributed by atoms with Gasteiger partial charge < -0.3 is 10.5 Å². The summed E-state index contributed by atoms with van der Waals surface area (Å²) in [6, 6.07) is 0.933. The van der Waals surface area contributed by atoms with Crippen LogP contribution in [0.4, 0.5) is 17.6 Å². The van der Waals surface area contributed by atoms with Crippen LogP contribution in [-0.4, -0.2) is 18.7 Å². The third-order valence-corrected chi connectivity index (χ3v) is 2.74. The number of rotatable bonds is 4. The van der Waals surface area contributed by atoms with Crippen LogP contribution in [0.3, 0.4) is 0 Å². The van der Waals surface area contributed by atoms with Gasteiger partial charge in [0.15, 0.2) is 0 Å². The lowest BCUT2D eigenvalue weighted by Gasteiger charge is -2.20. The van der Waals surface area contributed by atoms with Gasteiger partial charge in [-0.05, 0) is 24.6 Å².